The van der Waals surface area contributed by atoms with E-state index in [1.54, 1.807) is 0 Å². The Morgan fingerprint density at radius 1 is 1.16 bits per heavy atom. The molecule has 0 aliphatic heterocycles. The molecule has 168 valence electrons. The molecule has 1 atom stereocenters. The molecule has 8 heteroatoms. The SMILES string of the molecule is CC(C)(C)C1CCc2sc(C(=O)NNC(=O)CCc3nnc(-c4ccccc4)o3)cc2C1. The lowest BCUT2D eigenvalue weighted by Crippen LogP contribution is -2.41. The first-order valence-corrected chi connectivity index (χ1v) is 11.7. The zero-order valence-electron chi connectivity index (χ0n) is 18.6. The van der Waals surface area contributed by atoms with E-state index >= 15 is 0 Å². The summed E-state index contributed by atoms with van der Waals surface area (Å²) >= 11 is 1.52. The van der Waals surface area contributed by atoms with Crippen LogP contribution in [-0.4, -0.2) is 22.0 Å². The van der Waals surface area contributed by atoms with Crippen LogP contribution in [0.2, 0.25) is 0 Å². The maximum atomic E-state index is 12.5. The number of carbonyl (C=O) groups is 2. The number of nitrogens with zero attached hydrogens (tertiary/aromatic N) is 2. The third-order valence-electron chi connectivity index (χ3n) is 5.90. The highest BCUT2D eigenvalue weighted by Gasteiger charge is 2.30. The van der Waals surface area contributed by atoms with E-state index in [0.29, 0.717) is 29.0 Å². The van der Waals surface area contributed by atoms with E-state index in [4.69, 9.17) is 4.42 Å². The first-order chi connectivity index (χ1) is 15.3. The summed E-state index contributed by atoms with van der Waals surface area (Å²) in [4.78, 5) is 26.6. The highest BCUT2D eigenvalue weighted by molar-refractivity contribution is 7.14. The van der Waals surface area contributed by atoms with Crippen molar-refractivity contribution in [2.24, 2.45) is 11.3 Å². The molecule has 0 fully saturated rings. The van der Waals surface area contributed by atoms with Crippen molar-refractivity contribution in [1.29, 1.82) is 0 Å². The fraction of sp³-hybridized carbons (Fsp3) is 0.417. The molecule has 1 aromatic carbocycles. The van der Waals surface area contributed by atoms with E-state index < -0.39 is 0 Å². The summed E-state index contributed by atoms with van der Waals surface area (Å²) in [6, 6.07) is 11.4. The van der Waals surface area contributed by atoms with Gasteiger partial charge in [0.25, 0.3) is 5.91 Å². The molecule has 0 radical (unpaired) electrons. The monoisotopic (exact) mass is 452 g/mol. The van der Waals surface area contributed by atoms with Gasteiger partial charge in [-0.2, -0.15) is 0 Å². The Morgan fingerprint density at radius 2 is 1.94 bits per heavy atom. The van der Waals surface area contributed by atoms with Crippen LogP contribution in [0.5, 0.6) is 0 Å². The van der Waals surface area contributed by atoms with E-state index in [9.17, 15) is 9.59 Å². The molecule has 0 saturated heterocycles. The Labute approximate surface area is 191 Å². The lowest BCUT2D eigenvalue weighted by molar-refractivity contribution is -0.121. The van der Waals surface area contributed by atoms with Crippen molar-refractivity contribution in [1.82, 2.24) is 21.0 Å². The van der Waals surface area contributed by atoms with Gasteiger partial charge in [0.1, 0.15) is 0 Å². The van der Waals surface area contributed by atoms with Crippen molar-refractivity contribution in [3.8, 4) is 11.5 Å². The molecule has 0 saturated carbocycles. The average Bonchev–Trinajstić information content (AvgIpc) is 3.42. The molecule has 0 bridgehead atoms. The Hall–Kier alpha value is -3.00. The van der Waals surface area contributed by atoms with Gasteiger partial charge < -0.3 is 4.42 Å². The van der Waals surface area contributed by atoms with Gasteiger partial charge in [-0.15, -0.1) is 21.5 Å². The van der Waals surface area contributed by atoms with Gasteiger partial charge in [-0.3, -0.25) is 20.4 Å². The summed E-state index contributed by atoms with van der Waals surface area (Å²) in [6.07, 6.45) is 3.59. The minimum absolute atomic E-state index is 0.130. The smallest absolute Gasteiger partial charge is 0.279 e. The topological polar surface area (TPSA) is 97.1 Å². The zero-order chi connectivity index (χ0) is 22.7. The summed E-state index contributed by atoms with van der Waals surface area (Å²) in [5.41, 5.74) is 7.36. The molecular weight excluding hydrogens is 424 g/mol. The van der Waals surface area contributed by atoms with Crippen LogP contribution in [-0.2, 0) is 24.1 Å². The zero-order valence-corrected chi connectivity index (χ0v) is 19.4. The number of aryl methyl sites for hydroxylation is 2. The summed E-state index contributed by atoms with van der Waals surface area (Å²) in [7, 11) is 0. The molecular formula is C24H28N4O3S. The van der Waals surface area contributed by atoms with Gasteiger partial charge in [0, 0.05) is 23.3 Å². The summed E-state index contributed by atoms with van der Waals surface area (Å²) in [5, 5.41) is 8.00. The number of carbonyl (C=O) groups excluding carboxylic acids is 2. The predicted molar refractivity (Wildman–Crippen MR) is 123 cm³/mol. The molecule has 4 rings (SSSR count). The van der Waals surface area contributed by atoms with Gasteiger partial charge in [-0.1, -0.05) is 39.0 Å². The van der Waals surface area contributed by atoms with E-state index in [-0.39, 0.29) is 23.7 Å². The number of amides is 2. The number of hydrogen-bond donors (Lipinski definition) is 2. The van der Waals surface area contributed by atoms with Gasteiger partial charge in [0.05, 0.1) is 4.88 Å². The van der Waals surface area contributed by atoms with Crippen LogP contribution < -0.4 is 10.9 Å². The highest BCUT2D eigenvalue weighted by Crippen LogP contribution is 2.40. The largest absolute Gasteiger partial charge is 0.421 e. The molecule has 0 spiro atoms. The van der Waals surface area contributed by atoms with Crippen LogP contribution in [0.15, 0.2) is 40.8 Å². The number of nitrogens with one attached hydrogen (secondary N) is 2. The second-order valence-electron chi connectivity index (χ2n) is 9.23. The van der Waals surface area contributed by atoms with Gasteiger partial charge >= 0.3 is 0 Å². The third kappa shape index (κ3) is 5.24. The maximum absolute atomic E-state index is 12.5. The van der Waals surface area contributed by atoms with E-state index in [1.807, 2.05) is 36.4 Å². The van der Waals surface area contributed by atoms with E-state index in [1.165, 1.54) is 21.8 Å². The summed E-state index contributed by atoms with van der Waals surface area (Å²) < 4.78 is 5.61. The number of rotatable bonds is 5. The molecule has 1 aliphatic carbocycles. The van der Waals surface area contributed by atoms with Crippen molar-refractivity contribution in [3.63, 3.8) is 0 Å². The number of fused-ring (bicyclic) bond motifs is 1. The molecule has 2 aromatic heterocycles. The second kappa shape index (κ2) is 9.24. The first-order valence-electron chi connectivity index (χ1n) is 10.9. The molecule has 2 amide bonds. The highest BCUT2D eigenvalue weighted by atomic mass is 32.1. The lowest BCUT2D eigenvalue weighted by atomic mass is 9.72. The van der Waals surface area contributed by atoms with Crippen LogP contribution in [0.25, 0.3) is 11.5 Å². The van der Waals surface area contributed by atoms with Crippen molar-refractivity contribution < 1.29 is 14.0 Å². The minimum atomic E-state index is -0.313. The number of hydrogen-bond acceptors (Lipinski definition) is 6. The van der Waals surface area contributed by atoms with Gasteiger partial charge in [-0.05, 0) is 54.4 Å². The van der Waals surface area contributed by atoms with Crippen LogP contribution >= 0.6 is 11.3 Å². The van der Waals surface area contributed by atoms with Crippen molar-refractivity contribution in [2.45, 2.75) is 52.9 Å². The van der Waals surface area contributed by atoms with Crippen LogP contribution in [0, 0.1) is 11.3 Å². The number of thiophene rings is 1. The molecule has 2 N–H and O–H groups in total. The van der Waals surface area contributed by atoms with Crippen LogP contribution in [0.1, 0.15) is 59.6 Å². The second-order valence-corrected chi connectivity index (χ2v) is 10.4. The Morgan fingerprint density at radius 3 is 2.69 bits per heavy atom. The molecule has 32 heavy (non-hydrogen) atoms. The molecule has 1 aliphatic rings. The predicted octanol–water partition coefficient (Wildman–Crippen LogP) is 4.34. The molecule has 2 heterocycles. The Balaban J connectivity index is 1.26. The summed E-state index contributed by atoms with van der Waals surface area (Å²) in [6.45, 7) is 6.82. The van der Waals surface area contributed by atoms with Crippen molar-refractivity contribution in [2.75, 3.05) is 0 Å². The minimum Gasteiger partial charge on any atom is -0.421 e. The number of benzene rings is 1. The quantitative estimate of drug-likeness (QED) is 0.561. The third-order valence-corrected chi connectivity index (χ3v) is 7.14. The molecule has 1 unspecified atom stereocenters. The summed E-state index contributed by atoms with van der Waals surface area (Å²) in [5.74, 6) is 0.822. The van der Waals surface area contributed by atoms with Gasteiger partial charge in [-0.25, -0.2) is 0 Å². The maximum Gasteiger partial charge on any atom is 0.279 e. The van der Waals surface area contributed by atoms with E-state index in [0.717, 1.165) is 24.8 Å². The normalized spacial score (nSPS) is 15.8. The van der Waals surface area contributed by atoms with Gasteiger partial charge in [0.15, 0.2) is 0 Å². The fourth-order valence-corrected chi connectivity index (χ4v) is 5.00. The van der Waals surface area contributed by atoms with Crippen molar-refractivity contribution >= 4 is 23.2 Å². The van der Waals surface area contributed by atoms with E-state index in [2.05, 4.69) is 41.8 Å². The number of aromatic nitrogens is 2. The Kier molecular flexibility index (Phi) is 6.41. The lowest BCUT2D eigenvalue weighted by Gasteiger charge is -2.33. The average molecular weight is 453 g/mol. The van der Waals surface area contributed by atoms with Crippen molar-refractivity contribution in [3.05, 3.63) is 57.6 Å². The first kappa shape index (κ1) is 22.2. The molecule has 7 nitrogen and oxygen atoms in total. The van der Waals surface area contributed by atoms with Crippen LogP contribution in [0.3, 0.4) is 0 Å². The Bertz CT molecular complexity index is 1100. The molecule has 3 aromatic rings. The van der Waals surface area contributed by atoms with Crippen LogP contribution in [0.4, 0.5) is 0 Å². The number of hydrazine groups is 1. The fourth-order valence-electron chi connectivity index (χ4n) is 3.90. The van der Waals surface area contributed by atoms with Gasteiger partial charge in [0.2, 0.25) is 17.7 Å². The standard InChI is InChI=1S/C24H28N4O3S/c1-24(2,3)17-9-10-18-16(13-17)14-19(32-18)22(30)27-25-20(29)11-12-21-26-28-23(31-21)15-7-5-4-6-8-15/h4-8,14,17H,9-13H2,1-3H3,(H,25,29)(H,27,30).